The molecule has 5 heteroatoms. The number of nitrogens with one attached hydrogen (secondary N) is 2. The minimum absolute atomic E-state index is 0.0663. The third kappa shape index (κ3) is 5.60. The molecule has 0 atom stereocenters. The minimum atomic E-state index is -0.179. The van der Waals surface area contributed by atoms with Crippen LogP contribution in [0.25, 0.3) is 0 Å². The van der Waals surface area contributed by atoms with Gasteiger partial charge in [0.15, 0.2) is 0 Å². The molecule has 2 aromatic rings. The lowest BCUT2D eigenvalue weighted by molar-refractivity contribution is -0.120. The third-order valence-electron chi connectivity index (χ3n) is 4.89. The molecule has 0 saturated heterocycles. The van der Waals surface area contributed by atoms with Gasteiger partial charge in [0.1, 0.15) is 0 Å². The fourth-order valence-electron chi connectivity index (χ4n) is 3.40. The normalized spacial score (nSPS) is 14.6. The predicted molar refractivity (Wildman–Crippen MR) is 113 cm³/mol. The summed E-state index contributed by atoms with van der Waals surface area (Å²) in [5, 5.41) is 5.88. The summed E-state index contributed by atoms with van der Waals surface area (Å²) in [7, 11) is 0. The Labute approximate surface area is 165 Å². The van der Waals surface area contributed by atoms with Crippen LogP contribution in [0.15, 0.2) is 48.5 Å². The number of rotatable bonds is 6. The van der Waals surface area contributed by atoms with Gasteiger partial charge < -0.3 is 10.6 Å². The maximum Gasteiger partial charge on any atom is 0.255 e. The molecule has 4 nitrogen and oxygen atoms in total. The molecule has 0 unspecified atom stereocenters. The number of carbonyl (C=O) groups is 2. The van der Waals surface area contributed by atoms with E-state index in [1.54, 1.807) is 30.0 Å². The Morgan fingerprint density at radius 2 is 1.70 bits per heavy atom. The molecule has 0 radical (unpaired) electrons. The van der Waals surface area contributed by atoms with Crippen molar-refractivity contribution in [3.05, 3.63) is 59.7 Å². The van der Waals surface area contributed by atoms with E-state index in [1.807, 2.05) is 30.3 Å². The molecule has 0 aromatic heterocycles. The fraction of sp³-hybridized carbons (Fsp3) is 0.364. The molecule has 0 heterocycles. The van der Waals surface area contributed by atoms with Crippen LogP contribution >= 0.6 is 11.8 Å². The first-order valence-corrected chi connectivity index (χ1v) is 10.9. The molecule has 1 aliphatic carbocycles. The standard InChI is InChI=1S/C22H26N2O2S/c1-27-15-16-10-12-19(13-11-16)23-22(26)18-8-5-9-20(14-18)24-21(25)17-6-3-2-4-7-17/h5,8-14,17H,2-4,6-7,15H2,1H3,(H,23,26)(H,24,25). The molecule has 1 aliphatic rings. The Hall–Kier alpha value is -2.27. The molecule has 27 heavy (non-hydrogen) atoms. The number of anilines is 2. The lowest BCUT2D eigenvalue weighted by Gasteiger charge is -2.20. The summed E-state index contributed by atoms with van der Waals surface area (Å²) in [4.78, 5) is 24.9. The van der Waals surface area contributed by atoms with Crippen LogP contribution in [0.4, 0.5) is 11.4 Å². The lowest BCUT2D eigenvalue weighted by atomic mass is 9.88. The van der Waals surface area contributed by atoms with Crippen molar-refractivity contribution >= 4 is 35.0 Å². The molecule has 1 saturated carbocycles. The van der Waals surface area contributed by atoms with Gasteiger partial charge in [0, 0.05) is 28.6 Å². The van der Waals surface area contributed by atoms with Crippen molar-refractivity contribution in [2.24, 2.45) is 5.92 Å². The van der Waals surface area contributed by atoms with Gasteiger partial charge in [0.2, 0.25) is 5.91 Å². The molecule has 142 valence electrons. The Morgan fingerprint density at radius 1 is 0.963 bits per heavy atom. The van der Waals surface area contributed by atoms with Gasteiger partial charge >= 0.3 is 0 Å². The number of hydrogen-bond donors (Lipinski definition) is 2. The summed E-state index contributed by atoms with van der Waals surface area (Å²) in [5.74, 6) is 0.936. The van der Waals surface area contributed by atoms with Crippen LogP contribution in [0.3, 0.4) is 0 Å². The predicted octanol–water partition coefficient (Wildman–Crippen LogP) is 5.32. The van der Waals surface area contributed by atoms with E-state index >= 15 is 0 Å². The second-order valence-electron chi connectivity index (χ2n) is 6.99. The Bertz CT molecular complexity index is 783. The lowest BCUT2D eigenvalue weighted by Crippen LogP contribution is -2.24. The second-order valence-corrected chi connectivity index (χ2v) is 7.86. The number of thioether (sulfide) groups is 1. The van der Waals surface area contributed by atoms with Gasteiger partial charge in [-0.3, -0.25) is 9.59 Å². The topological polar surface area (TPSA) is 58.2 Å². The van der Waals surface area contributed by atoms with Crippen LogP contribution in [0.5, 0.6) is 0 Å². The van der Waals surface area contributed by atoms with Crippen molar-refractivity contribution in [1.82, 2.24) is 0 Å². The van der Waals surface area contributed by atoms with Crippen molar-refractivity contribution in [2.45, 2.75) is 37.9 Å². The van der Waals surface area contributed by atoms with E-state index in [2.05, 4.69) is 16.9 Å². The summed E-state index contributed by atoms with van der Waals surface area (Å²) in [5.41, 5.74) is 3.20. The van der Waals surface area contributed by atoms with E-state index in [0.29, 0.717) is 11.3 Å². The summed E-state index contributed by atoms with van der Waals surface area (Å²) in [6, 6.07) is 15.0. The molecule has 2 N–H and O–H groups in total. The zero-order chi connectivity index (χ0) is 19.1. The molecule has 0 aliphatic heterocycles. The maximum atomic E-state index is 12.5. The van der Waals surface area contributed by atoms with Crippen LogP contribution in [0.2, 0.25) is 0 Å². The van der Waals surface area contributed by atoms with Crippen molar-refractivity contribution in [3.8, 4) is 0 Å². The summed E-state index contributed by atoms with van der Waals surface area (Å²) in [6.07, 6.45) is 7.44. The first-order chi connectivity index (χ1) is 13.2. The highest BCUT2D eigenvalue weighted by Gasteiger charge is 2.21. The first-order valence-electron chi connectivity index (χ1n) is 9.46. The van der Waals surface area contributed by atoms with Gasteiger partial charge in [0.25, 0.3) is 5.91 Å². The number of amides is 2. The van der Waals surface area contributed by atoms with Gasteiger partial charge in [0.05, 0.1) is 0 Å². The van der Waals surface area contributed by atoms with E-state index in [0.717, 1.165) is 37.1 Å². The van der Waals surface area contributed by atoms with Gasteiger partial charge in [-0.25, -0.2) is 0 Å². The van der Waals surface area contributed by atoms with Gasteiger partial charge in [-0.15, -0.1) is 0 Å². The van der Waals surface area contributed by atoms with Crippen LogP contribution in [-0.2, 0) is 10.5 Å². The number of carbonyl (C=O) groups excluding carboxylic acids is 2. The third-order valence-corrected chi connectivity index (χ3v) is 5.51. The highest BCUT2D eigenvalue weighted by molar-refractivity contribution is 7.97. The largest absolute Gasteiger partial charge is 0.326 e. The van der Waals surface area contributed by atoms with E-state index in [9.17, 15) is 9.59 Å². The zero-order valence-corrected chi connectivity index (χ0v) is 16.5. The van der Waals surface area contributed by atoms with E-state index in [1.165, 1.54) is 12.0 Å². The average molecular weight is 383 g/mol. The van der Waals surface area contributed by atoms with Crippen molar-refractivity contribution < 1.29 is 9.59 Å². The molecular formula is C22H26N2O2S. The molecule has 1 fully saturated rings. The fourth-order valence-corrected chi connectivity index (χ4v) is 3.93. The number of benzene rings is 2. The first kappa shape index (κ1) is 19.5. The molecular weight excluding hydrogens is 356 g/mol. The van der Waals surface area contributed by atoms with Crippen LogP contribution < -0.4 is 10.6 Å². The summed E-state index contributed by atoms with van der Waals surface area (Å²) < 4.78 is 0. The van der Waals surface area contributed by atoms with Gasteiger partial charge in [-0.2, -0.15) is 11.8 Å². The quantitative estimate of drug-likeness (QED) is 0.711. The van der Waals surface area contributed by atoms with Crippen LogP contribution in [0, 0.1) is 5.92 Å². The van der Waals surface area contributed by atoms with Crippen molar-refractivity contribution in [3.63, 3.8) is 0 Å². The smallest absolute Gasteiger partial charge is 0.255 e. The zero-order valence-electron chi connectivity index (χ0n) is 15.7. The highest BCUT2D eigenvalue weighted by atomic mass is 32.2. The van der Waals surface area contributed by atoms with Crippen LogP contribution in [-0.4, -0.2) is 18.1 Å². The SMILES string of the molecule is CSCc1ccc(NC(=O)c2cccc(NC(=O)C3CCCCC3)c2)cc1. The maximum absolute atomic E-state index is 12.5. The monoisotopic (exact) mass is 382 g/mol. The molecule has 0 bridgehead atoms. The van der Waals surface area contributed by atoms with Gasteiger partial charge in [-0.05, 0) is 55.0 Å². The Balaban J connectivity index is 1.61. The van der Waals surface area contributed by atoms with E-state index in [4.69, 9.17) is 0 Å². The molecule has 2 amide bonds. The van der Waals surface area contributed by atoms with E-state index in [-0.39, 0.29) is 17.7 Å². The molecule has 2 aromatic carbocycles. The minimum Gasteiger partial charge on any atom is -0.326 e. The second kappa shape index (κ2) is 9.60. The summed E-state index contributed by atoms with van der Waals surface area (Å²) >= 11 is 1.77. The van der Waals surface area contributed by atoms with Crippen molar-refractivity contribution in [2.75, 3.05) is 16.9 Å². The Morgan fingerprint density at radius 3 is 2.41 bits per heavy atom. The Kier molecular flexibility index (Phi) is 6.93. The van der Waals surface area contributed by atoms with Crippen molar-refractivity contribution in [1.29, 1.82) is 0 Å². The summed E-state index contributed by atoms with van der Waals surface area (Å²) in [6.45, 7) is 0. The number of hydrogen-bond acceptors (Lipinski definition) is 3. The highest BCUT2D eigenvalue weighted by Crippen LogP contribution is 2.25. The molecule has 3 rings (SSSR count). The molecule has 0 spiro atoms. The van der Waals surface area contributed by atoms with E-state index < -0.39 is 0 Å². The van der Waals surface area contributed by atoms with Gasteiger partial charge in [-0.1, -0.05) is 37.5 Å². The van der Waals surface area contributed by atoms with Crippen LogP contribution in [0.1, 0.15) is 48.0 Å². The average Bonchev–Trinajstić information content (AvgIpc) is 2.70.